The van der Waals surface area contributed by atoms with Crippen LogP contribution in [0.1, 0.15) is 76.2 Å². The Morgan fingerprint density at radius 1 is 1.00 bits per heavy atom. The smallest absolute Gasteiger partial charge is 1.00 e. The number of methoxy groups -OCH3 is 1. The first-order chi connectivity index (χ1) is 20.3. The number of nitrogens with zero attached hydrogens (tertiary/aromatic N) is 3. The fourth-order valence-electron chi connectivity index (χ4n) is 6.20. The average Bonchev–Trinajstić information content (AvgIpc) is 3.86. The van der Waals surface area contributed by atoms with Gasteiger partial charge in [-0.25, -0.2) is 4.79 Å². The second kappa shape index (κ2) is 11.4. The SMILES string of the molecule is COc1cc(C(=O)N2CCC3(CC2)CC(=O)c2cc(-c4cc(C(=O)O)ccn4)ccc2O3)cc2c(C3CC3)nccc12.[H-].[Na+]. The zero-order valence-electron chi connectivity index (χ0n) is 25.1. The van der Waals surface area contributed by atoms with Crippen LogP contribution in [0, 0.1) is 0 Å². The van der Waals surface area contributed by atoms with Gasteiger partial charge >= 0.3 is 35.5 Å². The molecule has 1 aliphatic carbocycles. The Morgan fingerprint density at radius 2 is 1.77 bits per heavy atom. The summed E-state index contributed by atoms with van der Waals surface area (Å²) in [5.41, 5.74) is 2.64. The van der Waals surface area contributed by atoms with Crippen LogP contribution >= 0.6 is 0 Å². The molecule has 2 aliphatic heterocycles. The number of likely N-dealkylation sites (tertiary alicyclic amines) is 1. The quantitative estimate of drug-likeness (QED) is 0.354. The molecule has 0 bridgehead atoms. The van der Waals surface area contributed by atoms with Crippen molar-refractivity contribution < 1.29 is 59.9 Å². The van der Waals surface area contributed by atoms with Crippen molar-refractivity contribution in [2.45, 2.75) is 43.6 Å². The molecule has 9 nitrogen and oxygen atoms in total. The van der Waals surface area contributed by atoms with Gasteiger partial charge in [0.15, 0.2) is 5.78 Å². The number of rotatable bonds is 5. The first kappa shape index (κ1) is 29.3. The Kier molecular flexibility index (Phi) is 7.75. The largest absolute Gasteiger partial charge is 1.00 e. The second-order valence-corrected chi connectivity index (χ2v) is 11.4. The van der Waals surface area contributed by atoms with Gasteiger partial charge in [0, 0.05) is 66.1 Å². The van der Waals surface area contributed by atoms with Crippen LogP contribution in [0.15, 0.2) is 60.9 Å². The number of carboxylic acid groups (broad SMARTS) is 1. The number of carbonyl (C=O) groups excluding carboxylic acids is 2. The molecule has 1 saturated heterocycles. The summed E-state index contributed by atoms with van der Waals surface area (Å²) in [5.74, 6) is 0.456. The van der Waals surface area contributed by atoms with Crippen molar-refractivity contribution in [1.82, 2.24) is 14.9 Å². The fraction of sp³-hybridized carbons (Fsp3) is 0.303. The summed E-state index contributed by atoms with van der Waals surface area (Å²) < 4.78 is 12.1. The third kappa shape index (κ3) is 5.41. The molecular formula is C33H30N3NaO6. The topological polar surface area (TPSA) is 119 Å². The first-order valence-corrected chi connectivity index (χ1v) is 14.2. The summed E-state index contributed by atoms with van der Waals surface area (Å²) >= 11 is 0. The van der Waals surface area contributed by atoms with Gasteiger partial charge in [0.25, 0.3) is 5.91 Å². The number of carboxylic acids is 1. The van der Waals surface area contributed by atoms with Crippen LogP contribution in [-0.4, -0.2) is 63.4 Å². The van der Waals surface area contributed by atoms with Crippen LogP contribution < -0.4 is 39.0 Å². The molecule has 43 heavy (non-hydrogen) atoms. The minimum absolute atomic E-state index is 0. The van der Waals surface area contributed by atoms with E-state index in [1.165, 1.54) is 18.3 Å². The number of ether oxygens (including phenoxy) is 2. The van der Waals surface area contributed by atoms with Crippen molar-refractivity contribution in [2.24, 2.45) is 0 Å². The van der Waals surface area contributed by atoms with Gasteiger partial charge in [-0.3, -0.25) is 19.6 Å². The standard InChI is InChI=1S/C33H29N3O6.Na.H/c1-41-29-17-22(15-24-23(29)7-11-35-30(24)19-2-3-19)31(38)36-12-8-33(9-13-36)18-27(37)25-14-20(4-5-28(25)42-33)26-16-21(32(39)40)6-10-34-26;;/h4-7,10-11,14-17,19H,2-3,8-9,12-13,18H2,1H3,(H,39,40);;/q;+1;-1. The number of piperidine rings is 1. The second-order valence-electron chi connectivity index (χ2n) is 11.4. The van der Waals surface area contributed by atoms with E-state index in [0.29, 0.717) is 65.7 Å². The number of hydrogen-bond donors (Lipinski definition) is 1. The first-order valence-electron chi connectivity index (χ1n) is 14.2. The summed E-state index contributed by atoms with van der Waals surface area (Å²) in [6.07, 6.45) is 6.76. The van der Waals surface area contributed by atoms with E-state index in [1.807, 2.05) is 23.2 Å². The maximum Gasteiger partial charge on any atom is 1.00 e. The van der Waals surface area contributed by atoms with Gasteiger partial charge < -0.3 is 20.9 Å². The maximum absolute atomic E-state index is 13.7. The molecular weight excluding hydrogens is 557 g/mol. The predicted octanol–water partition coefficient (Wildman–Crippen LogP) is 2.64. The minimum atomic E-state index is -1.04. The number of aromatic nitrogens is 2. The molecule has 0 radical (unpaired) electrons. The van der Waals surface area contributed by atoms with E-state index in [1.54, 1.807) is 31.4 Å². The van der Waals surface area contributed by atoms with Crippen molar-refractivity contribution in [3.63, 3.8) is 0 Å². The van der Waals surface area contributed by atoms with Crippen molar-refractivity contribution in [3.05, 3.63) is 83.3 Å². The molecule has 1 N–H and O–H groups in total. The number of pyridine rings is 2. The monoisotopic (exact) mass is 587 g/mol. The number of aromatic carboxylic acids is 1. The van der Waals surface area contributed by atoms with E-state index in [2.05, 4.69) is 9.97 Å². The van der Waals surface area contributed by atoms with Gasteiger partial charge in [-0.15, -0.1) is 0 Å². The minimum Gasteiger partial charge on any atom is -1.00 e. The Balaban J connectivity index is 0.00000192. The Bertz CT molecular complexity index is 1790. The average molecular weight is 588 g/mol. The molecule has 214 valence electrons. The predicted molar refractivity (Wildman–Crippen MR) is 155 cm³/mol. The van der Waals surface area contributed by atoms with E-state index in [4.69, 9.17) is 9.47 Å². The van der Waals surface area contributed by atoms with Crippen LogP contribution in [0.4, 0.5) is 0 Å². The molecule has 3 aliphatic rings. The number of Topliss-reactive ketones (excluding diaryl/α,β-unsaturated/α-hetero) is 1. The molecule has 2 fully saturated rings. The van der Waals surface area contributed by atoms with Crippen molar-refractivity contribution in [2.75, 3.05) is 20.2 Å². The van der Waals surface area contributed by atoms with Gasteiger partial charge in [0.2, 0.25) is 0 Å². The number of hydrogen-bond acceptors (Lipinski definition) is 7. The van der Waals surface area contributed by atoms with E-state index in [-0.39, 0.29) is 54.7 Å². The summed E-state index contributed by atoms with van der Waals surface area (Å²) in [6, 6.07) is 13.9. The van der Waals surface area contributed by atoms with Crippen molar-refractivity contribution in [3.8, 4) is 22.8 Å². The van der Waals surface area contributed by atoms with Gasteiger partial charge in [0.05, 0.1) is 36.0 Å². The molecule has 1 amide bonds. The third-order valence-corrected chi connectivity index (χ3v) is 8.66. The van der Waals surface area contributed by atoms with Crippen LogP contribution in [-0.2, 0) is 0 Å². The molecule has 1 saturated carbocycles. The summed E-state index contributed by atoms with van der Waals surface area (Å²) in [4.78, 5) is 49.1. The number of benzene rings is 2. The van der Waals surface area contributed by atoms with Gasteiger partial charge in [-0.1, -0.05) is 0 Å². The van der Waals surface area contributed by atoms with Gasteiger partial charge in [-0.05, 0) is 61.4 Å². The van der Waals surface area contributed by atoms with Crippen LogP contribution in [0.25, 0.3) is 22.0 Å². The Labute approximate surface area is 272 Å². The molecule has 2 aromatic carbocycles. The van der Waals surface area contributed by atoms with Gasteiger partial charge in [0.1, 0.15) is 17.1 Å². The molecule has 4 heterocycles. The number of ketones is 1. The molecule has 2 aromatic heterocycles. The molecule has 0 unspecified atom stereocenters. The zero-order valence-corrected chi connectivity index (χ0v) is 26.1. The van der Waals surface area contributed by atoms with Gasteiger partial charge in [-0.2, -0.15) is 0 Å². The molecule has 0 atom stereocenters. The maximum atomic E-state index is 13.7. The third-order valence-electron chi connectivity index (χ3n) is 8.66. The molecule has 7 rings (SSSR count). The Hall–Kier alpha value is -3.79. The zero-order chi connectivity index (χ0) is 29.0. The fourth-order valence-corrected chi connectivity index (χ4v) is 6.20. The Morgan fingerprint density at radius 3 is 2.49 bits per heavy atom. The normalized spacial score (nSPS) is 17.1. The number of fused-ring (bicyclic) bond motifs is 2. The van der Waals surface area contributed by atoms with E-state index in [0.717, 1.165) is 29.3 Å². The van der Waals surface area contributed by atoms with Crippen molar-refractivity contribution in [1.29, 1.82) is 0 Å². The number of amides is 1. The van der Waals surface area contributed by atoms with Crippen LogP contribution in [0.5, 0.6) is 11.5 Å². The van der Waals surface area contributed by atoms with E-state index < -0.39 is 11.6 Å². The van der Waals surface area contributed by atoms with Crippen LogP contribution in [0.3, 0.4) is 0 Å². The molecule has 1 spiro atoms. The molecule has 10 heteroatoms. The van der Waals surface area contributed by atoms with Crippen LogP contribution in [0.2, 0.25) is 0 Å². The summed E-state index contributed by atoms with van der Waals surface area (Å²) in [7, 11) is 1.62. The van der Waals surface area contributed by atoms with Crippen molar-refractivity contribution >= 4 is 28.4 Å². The summed E-state index contributed by atoms with van der Waals surface area (Å²) in [5, 5.41) is 11.2. The molecule has 4 aromatic rings. The number of carbonyl (C=O) groups is 3. The van der Waals surface area contributed by atoms with E-state index in [9.17, 15) is 19.5 Å². The van der Waals surface area contributed by atoms with E-state index >= 15 is 0 Å². The summed E-state index contributed by atoms with van der Waals surface area (Å²) in [6.45, 7) is 0.933.